The van der Waals surface area contributed by atoms with Crippen molar-refractivity contribution in [3.63, 3.8) is 0 Å². The average Bonchev–Trinajstić information content (AvgIpc) is 2.34. The third-order valence-corrected chi connectivity index (χ3v) is 1.56. The molecule has 1 heteroatoms. The van der Waals surface area contributed by atoms with E-state index in [0.717, 1.165) is 6.54 Å². The molecule has 0 saturated heterocycles. The third-order valence-electron chi connectivity index (χ3n) is 1.56. The Bertz CT molecular complexity index is 108. The largest absolute Gasteiger partial charge is 0.310 e. The lowest BCUT2D eigenvalue weighted by atomic mass is 10.2. The number of rotatable bonds is 3. The van der Waals surface area contributed by atoms with Crippen molar-refractivity contribution < 1.29 is 0 Å². The molecule has 0 fully saturated rings. The Morgan fingerprint density at radius 1 is 1.56 bits per heavy atom. The molecule has 0 amide bonds. The first-order chi connectivity index (χ1) is 4.43. The summed E-state index contributed by atoms with van der Waals surface area (Å²) in [5, 5.41) is 3.35. The summed E-state index contributed by atoms with van der Waals surface area (Å²) < 4.78 is 0. The Hall–Kier alpha value is -0.560. The van der Waals surface area contributed by atoms with E-state index in [4.69, 9.17) is 0 Å². The smallest absolute Gasteiger partial charge is 0.0139 e. The molecule has 0 atom stereocenters. The first-order valence-corrected chi connectivity index (χ1v) is 3.43. The maximum absolute atomic E-state index is 3.64. The first-order valence-electron chi connectivity index (χ1n) is 3.43. The Labute approximate surface area is 56.5 Å². The zero-order valence-electron chi connectivity index (χ0n) is 5.64. The summed E-state index contributed by atoms with van der Waals surface area (Å²) in [6.45, 7) is 4.58. The van der Waals surface area contributed by atoms with Gasteiger partial charge in [0.2, 0.25) is 0 Å². The van der Waals surface area contributed by atoms with Gasteiger partial charge in [0.1, 0.15) is 0 Å². The number of nitrogens with one attached hydrogen (secondary N) is 1. The molecule has 1 rings (SSSR count). The fourth-order valence-corrected chi connectivity index (χ4v) is 1.03. The van der Waals surface area contributed by atoms with Crippen LogP contribution in [-0.4, -0.2) is 12.6 Å². The summed E-state index contributed by atoms with van der Waals surface area (Å²) in [6.07, 6.45) is 8.72. The van der Waals surface area contributed by atoms with E-state index in [0.29, 0.717) is 6.04 Å². The molecular weight excluding hydrogens is 110 g/mol. The van der Waals surface area contributed by atoms with Crippen LogP contribution in [0.2, 0.25) is 0 Å². The summed E-state index contributed by atoms with van der Waals surface area (Å²) >= 11 is 0. The predicted molar refractivity (Wildman–Crippen MR) is 40.4 cm³/mol. The fraction of sp³-hybridized carbons (Fsp3) is 0.500. The molecule has 50 valence electrons. The molecule has 0 aromatic heterocycles. The van der Waals surface area contributed by atoms with E-state index in [-0.39, 0.29) is 0 Å². The van der Waals surface area contributed by atoms with Crippen LogP contribution in [0.25, 0.3) is 0 Å². The minimum Gasteiger partial charge on any atom is -0.310 e. The van der Waals surface area contributed by atoms with Gasteiger partial charge >= 0.3 is 0 Å². The van der Waals surface area contributed by atoms with Crippen LogP contribution < -0.4 is 5.32 Å². The molecule has 0 saturated carbocycles. The van der Waals surface area contributed by atoms with Crippen LogP contribution in [0.1, 0.15) is 12.8 Å². The normalized spacial score (nSPS) is 18.7. The predicted octanol–water partition coefficient (Wildman–Crippen LogP) is 1.48. The van der Waals surface area contributed by atoms with Crippen LogP contribution in [0.15, 0.2) is 24.8 Å². The van der Waals surface area contributed by atoms with E-state index >= 15 is 0 Å². The van der Waals surface area contributed by atoms with Crippen molar-refractivity contribution in [3.05, 3.63) is 24.8 Å². The van der Waals surface area contributed by atoms with Crippen LogP contribution in [0.5, 0.6) is 0 Å². The van der Waals surface area contributed by atoms with Gasteiger partial charge in [-0.1, -0.05) is 18.2 Å². The third kappa shape index (κ3) is 2.02. The standard InChI is InChI=1S/C8H13N/c1-2-7-9-8-5-3-4-6-8/h2-4,8-9H,1,5-7H2. The maximum Gasteiger partial charge on any atom is 0.0139 e. The van der Waals surface area contributed by atoms with Gasteiger partial charge in [-0.15, -0.1) is 6.58 Å². The highest BCUT2D eigenvalue weighted by Crippen LogP contribution is 2.07. The molecule has 9 heavy (non-hydrogen) atoms. The van der Waals surface area contributed by atoms with Gasteiger partial charge in [0.05, 0.1) is 0 Å². The lowest BCUT2D eigenvalue weighted by molar-refractivity contribution is 0.573. The monoisotopic (exact) mass is 123 g/mol. The van der Waals surface area contributed by atoms with Gasteiger partial charge in [-0.25, -0.2) is 0 Å². The highest BCUT2D eigenvalue weighted by molar-refractivity contribution is 4.98. The molecule has 0 radical (unpaired) electrons. The van der Waals surface area contributed by atoms with E-state index in [1.807, 2.05) is 6.08 Å². The van der Waals surface area contributed by atoms with Gasteiger partial charge in [-0.05, 0) is 12.8 Å². The van der Waals surface area contributed by atoms with Crippen molar-refractivity contribution in [1.82, 2.24) is 5.32 Å². The van der Waals surface area contributed by atoms with Gasteiger partial charge in [0, 0.05) is 12.6 Å². The fourth-order valence-electron chi connectivity index (χ4n) is 1.03. The molecule has 0 aromatic rings. The zero-order chi connectivity index (χ0) is 6.53. The van der Waals surface area contributed by atoms with Gasteiger partial charge in [-0.3, -0.25) is 0 Å². The van der Waals surface area contributed by atoms with Crippen LogP contribution >= 0.6 is 0 Å². The summed E-state index contributed by atoms with van der Waals surface area (Å²) in [6, 6.07) is 0.683. The molecule has 0 unspecified atom stereocenters. The molecule has 1 nitrogen and oxygen atoms in total. The molecular formula is C8H13N. The van der Waals surface area contributed by atoms with Gasteiger partial charge in [0.15, 0.2) is 0 Å². The summed E-state index contributed by atoms with van der Waals surface area (Å²) in [7, 11) is 0. The second-order valence-electron chi connectivity index (χ2n) is 2.34. The van der Waals surface area contributed by atoms with Crippen LogP contribution in [0.3, 0.4) is 0 Å². The Balaban J connectivity index is 2.07. The number of hydrogen-bond donors (Lipinski definition) is 1. The molecule has 0 spiro atoms. The van der Waals surface area contributed by atoms with Gasteiger partial charge < -0.3 is 5.32 Å². The first kappa shape index (κ1) is 6.56. The van der Waals surface area contributed by atoms with E-state index in [1.165, 1.54) is 12.8 Å². The van der Waals surface area contributed by atoms with Crippen molar-refractivity contribution in [2.45, 2.75) is 18.9 Å². The van der Waals surface area contributed by atoms with E-state index in [1.54, 1.807) is 0 Å². The van der Waals surface area contributed by atoms with E-state index in [9.17, 15) is 0 Å². The second kappa shape index (κ2) is 3.46. The molecule has 1 N–H and O–H groups in total. The number of hydrogen-bond acceptors (Lipinski definition) is 1. The van der Waals surface area contributed by atoms with Crippen LogP contribution in [-0.2, 0) is 0 Å². The van der Waals surface area contributed by atoms with Gasteiger partial charge in [0.25, 0.3) is 0 Å². The van der Waals surface area contributed by atoms with Crippen LogP contribution in [0.4, 0.5) is 0 Å². The molecule has 0 aromatic carbocycles. The molecule has 0 bridgehead atoms. The summed E-state index contributed by atoms with van der Waals surface area (Å²) in [5.74, 6) is 0. The summed E-state index contributed by atoms with van der Waals surface area (Å²) in [4.78, 5) is 0. The zero-order valence-corrected chi connectivity index (χ0v) is 5.64. The SMILES string of the molecule is C=CCNC1CC=CC1. The Morgan fingerprint density at radius 3 is 2.78 bits per heavy atom. The minimum atomic E-state index is 0.683. The van der Waals surface area contributed by atoms with E-state index in [2.05, 4.69) is 24.0 Å². The molecule has 0 heterocycles. The molecule has 1 aliphatic carbocycles. The Morgan fingerprint density at radius 2 is 2.22 bits per heavy atom. The van der Waals surface area contributed by atoms with Crippen molar-refractivity contribution >= 4 is 0 Å². The second-order valence-corrected chi connectivity index (χ2v) is 2.34. The van der Waals surface area contributed by atoms with Crippen molar-refractivity contribution in [2.75, 3.05) is 6.54 Å². The average molecular weight is 123 g/mol. The minimum absolute atomic E-state index is 0.683. The lowest BCUT2D eigenvalue weighted by Crippen LogP contribution is -2.25. The lowest BCUT2D eigenvalue weighted by Gasteiger charge is -2.08. The molecule has 1 aliphatic rings. The highest BCUT2D eigenvalue weighted by Gasteiger charge is 2.06. The topological polar surface area (TPSA) is 12.0 Å². The van der Waals surface area contributed by atoms with Gasteiger partial charge in [-0.2, -0.15) is 0 Å². The highest BCUT2D eigenvalue weighted by atomic mass is 14.9. The maximum atomic E-state index is 3.64. The van der Waals surface area contributed by atoms with E-state index < -0.39 is 0 Å². The van der Waals surface area contributed by atoms with Crippen molar-refractivity contribution in [1.29, 1.82) is 0 Å². The van der Waals surface area contributed by atoms with Crippen molar-refractivity contribution in [2.24, 2.45) is 0 Å². The summed E-state index contributed by atoms with van der Waals surface area (Å²) in [5.41, 5.74) is 0. The van der Waals surface area contributed by atoms with Crippen LogP contribution in [0, 0.1) is 0 Å². The van der Waals surface area contributed by atoms with Crippen molar-refractivity contribution in [3.8, 4) is 0 Å². The quantitative estimate of drug-likeness (QED) is 0.560. The Kier molecular flexibility index (Phi) is 2.52. The molecule has 0 aliphatic heterocycles.